The molecule has 3 rings (SSSR count). The Labute approximate surface area is 217 Å². The third-order valence-corrected chi connectivity index (χ3v) is 6.28. The number of benzene rings is 2. The highest BCUT2D eigenvalue weighted by molar-refractivity contribution is 7.80. The van der Waals surface area contributed by atoms with Crippen LogP contribution in [0.4, 0.5) is 4.79 Å². The summed E-state index contributed by atoms with van der Waals surface area (Å²) < 4.78 is 5.33. The lowest BCUT2D eigenvalue weighted by Gasteiger charge is -2.43. The van der Waals surface area contributed by atoms with E-state index in [-0.39, 0.29) is 30.0 Å². The molecule has 1 saturated carbocycles. The third-order valence-electron chi connectivity index (χ3n) is 5.92. The average Bonchev–Trinajstić information content (AvgIpc) is 2.79. The predicted octanol–water partition coefficient (Wildman–Crippen LogP) is 3.95. The fraction of sp³-hybridized carbons (Fsp3) is 0.444. The Morgan fingerprint density at radius 3 is 2.36 bits per heavy atom. The number of carbonyl (C=O) groups excluding carboxylic acids is 3. The third kappa shape index (κ3) is 7.40. The minimum Gasteiger partial charge on any atom is -0.508 e. The number of amides is 3. The van der Waals surface area contributed by atoms with Crippen molar-refractivity contribution in [1.82, 2.24) is 15.5 Å². The molecule has 194 valence electrons. The van der Waals surface area contributed by atoms with E-state index in [1.807, 2.05) is 30.3 Å². The first-order valence-corrected chi connectivity index (χ1v) is 12.8. The van der Waals surface area contributed by atoms with Crippen LogP contribution < -0.4 is 10.6 Å². The van der Waals surface area contributed by atoms with E-state index in [4.69, 9.17) is 4.74 Å². The first-order valence-electron chi connectivity index (χ1n) is 12.1. The van der Waals surface area contributed by atoms with Crippen LogP contribution in [-0.4, -0.2) is 51.4 Å². The van der Waals surface area contributed by atoms with E-state index in [2.05, 4.69) is 23.3 Å². The summed E-state index contributed by atoms with van der Waals surface area (Å²) in [7, 11) is 0. The monoisotopic (exact) mass is 513 g/mol. The molecule has 3 amide bonds. The maximum Gasteiger partial charge on any atom is 0.408 e. The fourth-order valence-electron chi connectivity index (χ4n) is 4.01. The second-order valence-electron chi connectivity index (χ2n) is 9.91. The van der Waals surface area contributed by atoms with E-state index in [0.717, 1.165) is 24.8 Å². The Bertz CT molecular complexity index is 1050. The van der Waals surface area contributed by atoms with Gasteiger partial charge in [0.15, 0.2) is 0 Å². The zero-order valence-corrected chi connectivity index (χ0v) is 21.8. The summed E-state index contributed by atoms with van der Waals surface area (Å²) in [6.07, 6.45) is 1.67. The zero-order valence-electron chi connectivity index (χ0n) is 20.9. The van der Waals surface area contributed by atoms with Gasteiger partial charge in [0.25, 0.3) is 0 Å². The molecule has 1 fully saturated rings. The molecule has 2 aromatic rings. The number of rotatable bonds is 9. The van der Waals surface area contributed by atoms with Crippen LogP contribution in [-0.2, 0) is 20.9 Å². The molecule has 8 nitrogen and oxygen atoms in total. The Morgan fingerprint density at radius 2 is 1.81 bits per heavy atom. The van der Waals surface area contributed by atoms with Crippen molar-refractivity contribution < 1.29 is 24.2 Å². The molecule has 0 saturated heterocycles. The minimum absolute atomic E-state index is 0.00741. The Morgan fingerprint density at radius 1 is 1.11 bits per heavy atom. The Hall–Kier alpha value is -3.20. The number of carbonyl (C=O) groups is 3. The van der Waals surface area contributed by atoms with Gasteiger partial charge in [0.1, 0.15) is 23.4 Å². The summed E-state index contributed by atoms with van der Waals surface area (Å²) in [6, 6.07) is 13.6. The molecule has 3 N–H and O–H groups in total. The van der Waals surface area contributed by atoms with Crippen molar-refractivity contribution in [1.29, 1.82) is 0 Å². The Balaban J connectivity index is 1.91. The predicted molar refractivity (Wildman–Crippen MR) is 141 cm³/mol. The number of nitrogens with one attached hydrogen (secondary N) is 2. The van der Waals surface area contributed by atoms with E-state index in [9.17, 15) is 19.5 Å². The lowest BCUT2D eigenvalue weighted by Crippen LogP contribution is -2.58. The van der Waals surface area contributed by atoms with Gasteiger partial charge in [-0.2, -0.15) is 12.6 Å². The number of phenols is 1. The molecule has 0 aromatic heterocycles. The van der Waals surface area contributed by atoms with Gasteiger partial charge >= 0.3 is 6.09 Å². The van der Waals surface area contributed by atoms with Crippen molar-refractivity contribution in [3.8, 4) is 5.75 Å². The summed E-state index contributed by atoms with van der Waals surface area (Å²) in [5.74, 6) is -0.782. The topological polar surface area (TPSA) is 108 Å². The molecule has 9 heteroatoms. The van der Waals surface area contributed by atoms with Crippen molar-refractivity contribution in [3.05, 3.63) is 65.7 Å². The number of alkyl carbamates (subject to hydrolysis) is 1. The highest BCUT2D eigenvalue weighted by Crippen LogP contribution is 2.34. The van der Waals surface area contributed by atoms with Gasteiger partial charge in [-0.3, -0.25) is 9.59 Å². The minimum atomic E-state index is -0.999. The first-order chi connectivity index (χ1) is 17.1. The van der Waals surface area contributed by atoms with E-state index < -0.39 is 29.7 Å². The van der Waals surface area contributed by atoms with Crippen LogP contribution in [0.15, 0.2) is 54.6 Å². The van der Waals surface area contributed by atoms with Crippen molar-refractivity contribution in [2.75, 3.05) is 5.75 Å². The molecule has 1 aliphatic carbocycles. The van der Waals surface area contributed by atoms with Gasteiger partial charge < -0.3 is 25.4 Å². The Kier molecular flexibility index (Phi) is 9.25. The van der Waals surface area contributed by atoms with Crippen molar-refractivity contribution in [3.63, 3.8) is 0 Å². The van der Waals surface area contributed by atoms with Crippen molar-refractivity contribution >= 4 is 30.5 Å². The lowest BCUT2D eigenvalue weighted by molar-refractivity contribution is -0.147. The standard InChI is InChI=1S/C27H35N3O5S/c1-27(2,3)35-26(34)29-22(17-36)25(33)30(20-12-8-13-20)23(19-11-7-14-21(31)15-19)24(32)28-16-18-9-5-4-6-10-18/h4-7,9-11,14-15,20,22-23,31,36H,8,12-13,16-17H2,1-3H3,(H,28,32)(H,29,34). The number of ether oxygens (including phenoxy) is 1. The number of aromatic hydroxyl groups is 1. The highest BCUT2D eigenvalue weighted by atomic mass is 32.1. The number of nitrogens with zero attached hydrogens (tertiary/aromatic N) is 1. The smallest absolute Gasteiger partial charge is 0.408 e. The van der Waals surface area contributed by atoms with Crippen LogP contribution in [0, 0.1) is 0 Å². The number of thiol groups is 1. The first kappa shape index (κ1) is 27.4. The zero-order chi connectivity index (χ0) is 26.3. The van der Waals surface area contributed by atoms with E-state index in [1.165, 1.54) is 17.0 Å². The van der Waals surface area contributed by atoms with Gasteiger partial charge in [0.05, 0.1) is 0 Å². The highest BCUT2D eigenvalue weighted by Gasteiger charge is 2.41. The molecule has 2 aromatic carbocycles. The maximum atomic E-state index is 13.9. The van der Waals surface area contributed by atoms with Gasteiger partial charge in [0, 0.05) is 18.3 Å². The summed E-state index contributed by atoms with van der Waals surface area (Å²) >= 11 is 4.31. The van der Waals surface area contributed by atoms with Crippen LogP contribution in [0.2, 0.25) is 0 Å². The van der Waals surface area contributed by atoms with Crippen LogP contribution in [0.1, 0.15) is 57.2 Å². The molecule has 2 unspecified atom stereocenters. The molecule has 36 heavy (non-hydrogen) atoms. The largest absolute Gasteiger partial charge is 0.508 e. The van der Waals surface area contributed by atoms with Gasteiger partial charge in [0.2, 0.25) is 11.8 Å². The van der Waals surface area contributed by atoms with Crippen molar-refractivity contribution in [2.24, 2.45) is 0 Å². The molecule has 0 bridgehead atoms. The summed E-state index contributed by atoms with van der Waals surface area (Å²) in [5, 5.41) is 15.7. The van der Waals surface area contributed by atoms with Gasteiger partial charge in [-0.1, -0.05) is 42.5 Å². The van der Waals surface area contributed by atoms with E-state index >= 15 is 0 Å². The summed E-state index contributed by atoms with van der Waals surface area (Å²) in [6.45, 7) is 5.49. The molecular formula is C27H35N3O5S. The summed E-state index contributed by atoms with van der Waals surface area (Å²) in [4.78, 5) is 41.4. The van der Waals surface area contributed by atoms with Crippen LogP contribution in [0.3, 0.4) is 0 Å². The van der Waals surface area contributed by atoms with Crippen molar-refractivity contribution in [2.45, 2.75) is 70.3 Å². The second-order valence-corrected chi connectivity index (χ2v) is 10.3. The van der Waals surface area contributed by atoms with Gasteiger partial charge in [-0.15, -0.1) is 0 Å². The normalized spacial score (nSPS) is 15.2. The lowest BCUT2D eigenvalue weighted by atomic mass is 9.88. The molecule has 1 aliphatic rings. The van der Waals surface area contributed by atoms with Gasteiger partial charge in [-0.05, 0) is 63.3 Å². The molecule has 0 spiro atoms. The molecule has 0 aliphatic heterocycles. The quantitative estimate of drug-likeness (QED) is 0.380. The van der Waals surface area contributed by atoms with Gasteiger partial charge in [-0.25, -0.2) is 4.79 Å². The van der Waals surface area contributed by atoms with E-state index in [1.54, 1.807) is 32.9 Å². The fourth-order valence-corrected chi connectivity index (χ4v) is 4.26. The molecule has 2 atom stereocenters. The van der Waals surface area contributed by atoms with E-state index in [0.29, 0.717) is 5.56 Å². The number of phenolic OH excluding ortho intramolecular Hbond substituents is 1. The number of hydrogen-bond donors (Lipinski definition) is 4. The molecule has 0 radical (unpaired) electrons. The molecule has 0 heterocycles. The van der Waals surface area contributed by atoms with Crippen LogP contribution in [0.5, 0.6) is 5.75 Å². The SMILES string of the molecule is CC(C)(C)OC(=O)NC(CS)C(=O)N(C1CCC1)C(C(=O)NCc1ccccc1)c1cccc(O)c1. The summed E-state index contributed by atoms with van der Waals surface area (Å²) in [5.41, 5.74) is 0.668. The molecular weight excluding hydrogens is 478 g/mol. The maximum absolute atomic E-state index is 13.9. The van der Waals surface area contributed by atoms with Crippen LogP contribution >= 0.6 is 12.6 Å². The average molecular weight is 514 g/mol. The van der Waals surface area contributed by atoms with Crippen LogP contribution in [0.25, 0.3) is 0 Å². The number of hydrogen-bond acceptors (Lipinski definition) is 6. The second kappa shape index (κ2) is 12.2.